The van der Waals surface area contributed by atoms with Gasteiger partial charge in [0.1, 0.15) is 0 Å². The summed E-state index contributed by atoms with van der Waals surface area (Å²) >= 11 is 0. The van der Waals surface area contributed by atoms with Crippen molar-refractivity contribution in [3.63, 3.8) is 0 Å². The Morgan fingerprint density at radius 2 is 1.76 bits per heavy atom. The molecule has 1 saturated heterocycles. The lowest BCUT2D eigenvalue weighted by Crippen LogP contribution is -2.49. The molecule has 0 bridgehead atoms. The first-order chi connectivity index (χ1) is 8.18. The van der Waals surface area contributed by atoms with E-state index in [2.05, 4.69) is 10.2 Å². The first kappa shape index (κ1) is 14.4. The molecular weight excluding hydrogens is 216 g/mol. The Bertz CT molecular complexity index is 215. The van der Waals surface area contributed by atoms with Crippen molar-refractivity contribution < 1.29 is 4.79 Å². The molecule has 5 heteroatoms. The molecule has 0 unspecified atom stereocenters. The summed E-state index contributed by atoms with van der Waals surface area (Å²) in [7, 11) is 0. The van der Waals surface area contributed by atoms with Crippen molar-refractivity contribution in [1.82, 2.24) is 15.2 Å². The summed E-state index contributed by atoms with van der Waals surface area (Å²) < 4.78 is 0. The second-order valence-corrected chi connectivity index (χ2v) is 4.77. The maximum Gasteiger partial charge on any atom is 0.216 e. The molecule has 0 saturated carbocycles. The van der Waals surface area contributed by atoms with Crippen LogP contribution in [0.4, 0.5) is 0 Å². The van der Waals surface area contributed by atoms with Gasteiger partial charge in [-0.1, -0.05) is 12.8 Å². The zero-order chi connectivity index (χ0) is 12.5. The van der Waals surface area contributed by atoms with Crippen molar-refractivity contribution in [3.05, 3.63) is 0 Å². The molecule has 5 nitrogen and oxygen atoms in total. The molecule has 0 spiro atoms. The molecule has 1 amide bonds. The van der Waals surface area contributed by atoms with Gasteiger partial charge < -0.3 is 10.2 Å². The number of nitrogens with two attached hydrogens (primary N) is 1. The van der Waals surface area contributed by atoms with Crippen LogP contribution in [-0.2, 0) is 4.79 Å². The number of carbonyl (C=O) groups excluding carboxylic acids is 1. The average molecular weight is 242 g/mol. The fourth-order valence-electron chi connectivity index (χ4n) is 2.07. The molecule has 0 aliphatic carbocycles. The lowest BCUT2D eigenvalue weighted by molar-refractivity contribution is -0.118. The van der Waals surface area contributed by atoms with Crippen molar-refractivity contribution in [2.75, 3.05) is 39.3 Å². The molecule has 0 aromatic rings. The van der Waals surface area contributed by atoms with Crippen molar-refractivity contribution in [3.8, 4) is 0 Å². The fourth-order valence-corrected chi connectivity index (χ4v) is 2.07. The van der Waals surface area contributed by atoms with Gasteiger partial charge in [0.25, 0.3) is 0 Å². The highest BCUT2D eigenvalue weighted by atomic mass is 16.1. The minimum atomic E-state index is 0.0738. The van der Waals surface area contributed by atoms with Crippen LogP contribution in [0.25, 0.3) is 0 Å². The van der Waals surface area contributed by atoms with E-state index in [-0.39, 0.29) is 5.91 Å². The zero-order valence-corrected chi connectivity index (χ0v) is 11.0. The highest BCUT2D eigenvalue weighted by Gasteiger charge is 2.12. The monoisotopic (exact) mass is 242 g/mol. The Balaban J connectivity index is 1.85. The van der Waals surface area contributed by atoms with Gasteiger partial charge in [-0.15, -0.1) is 0 Å². The molecule has 100 valence electrons. The number of nitrogens with zero attached hydrogens (tertiary/aromatic N) is 2. The van der Waals surface area contributed by atoms with Crippen LogP contribution < -0.4 is 11.2 Å². The predicted molar refractivity (Wildman–Crippen MR) is 69.4 cm³/mol. The van der Waals surface area contributed by atoms with Crippen molar-refractivity contribution in [1.29, 1.82) is 0 Å². The van der Waals surface area contributed by atoms with Crippen molar-refractivity contribution >= 4 is 5.91 Å². The summed E-state index contributed by atoms with van der Waals surface area (Å²) in [4.78, 5) is 13.1. The Hall–Kier alpha value is -0.650. The standard InChI is InChI=1S/C12H26N4O/c1-12(17)14-6-4-2-3-5-7-15-8-10-16(13)11-9-15/h2-11,13H2,1H3,(H,14,17). The van der Waals surface area contributed by atoms with Crippen LogP contribution in [0.15, 0.2) is 0 Å². The Morgan fingerprint density at radius 1 is 1.12 bits per heavy atom. The second kappa shape index (κ2) is 8.44. The lowest BCUT2D eigenvalue weighted by atomic mass is 10.2. The highest BCUT2D eigenvalue weighted by Crippen LogP contribution is 2.03. The molecule has 1 aliphatic heterocycles. The number of hydrogen-bond donors (Lipinski definition) is 2. The van der Waals surface area contributed by atoms with Crippen LogP contribution in [0, 0.1) is 0 Å². The maximum absolute atomic E-state index is 10.6. The molecule has 1 heterocycles. The molecule has 3 N–H and O–H groups in total. The minimum absolute atomic E-state index is 0.0738. The van der Waals surface area contributed by atoms with Gasteiger partial charge in [0.15, 0.2) is 0 Å². The van der Waals surface area contributed by atoms with E-state index in [1.807, 2.05) is 5.01 Å². The number of hydrazine groups is 1. The first-order valence-corrected chi connectivity index (χ1v) is 6.65. The fraction of sp³-hybridized carbons (Fsp3) is 0.917. The van der Waals surface area contributed by atoms with Gasteiger partial charge in [0.05, 0.1) is 0 Å². The normalized spacial score (nSPS) is 18.2. The summed E-state index contributed by atoms with van der Waals surface area (Å²) in [5, 5.41) is 4.71. The first-order valence-electron chi connectivity index (χ1n) is 6.65. The Morgan fingerprint density at radius 3 is 2.41 bits per heavy atom. The van der Waals surface area contributed by atoms with E-state index in [1.165, 1.54) is 25.8 Å². The number of piperazine rings is 1. The number of rotatable bonds is 7. The molecule has 17 heavy (non-hydrogen) atoms. The van der Waals surface area contributed by atoms with Crippen LogP contribution in [0.3, 0.4) is 0 Å². The van der Waals surface area contributed by atoms with Crippen LogP contribution in [-0.4, -0.2) is 55.1 Å². The Labute approximate surface area is 104 Å². The summed E-state index contributed by atoms with van der Waals surface area (Å²) in [6.07, 6.45) is 4.81. The number of unbranched alkanes of at least 4 members (excludes halogenated alkanes) is 3. The smallest absolute Gasteiger partial charge is 0.216 e. The summed E-state index contributed by atoms with van der Waals surface area (Å²) in [5.74, 6) is 5.78. The third kappa shape index (κ3) is 7.31. The second-order valence-electron chi connectivity index (χ2n) is 4.77. The number of nitrogens with one attached hydrogen (secondary N) is 1. The molecular formula is C12H26N4O. The van der Waals surface area contributed by atoms with E-state index in [4.69, 9.17) is 5.84 Å². The summed E-state index contributed by atoms with van der Waals surface area (Å²) in [5.41, 5.74) is 0. The third-order valence-electron chi connectivity index (χ3n) is 3.18. The largest absolute Gasteiger partial charge is 0.356 e. The lowest BCUT2D eigenvalue weighted by Gasteiger charge is -2.31. The van der Waals surface area contributed by atoms with E-state index in [0.29, 0.717) is 0 Å². The van der Waals surface area contributed by atoms with E-state index in [0.717, 1.165) is 39.1 Å². The van der Waals surface area contributed by atoms with E-state index >= 15 is 0 Å². The molecule has 1 aliphatic rings. The highest BCUT2D eigenvalue weighted by molar-refractivity contribution is 5.72. The maximum atomic E-state index is 10.6. The van der Waals surface area contributed by atoms with Crippen LogP contribution >= 0.6 is 0 Å². The molecule has 1 fully saturated rings. The molecule has 0 aromatic carbocycles. The van der Waals surface area contributed by atoms with Gasteiger partial charge in [-0.25, -0.2) is 5.01 Å². The average Bonchev–Trinajstić information content (AvgIpc) is 2.30. The van der Waals surface area contributed by atoms with Gasteiger partial charge in [0, 0.05) is 39.6 Å². The topological polar surface area (TPSA) is 61.6 Å². The van der Waals surface area contributed by atoms with Crippen molar-refractivity contribution in [2.24, 2.45) is 5.84 Å². The Kier molecular flexibility index (Phi) is 7.16. The number of hydrogen-bond acceptors (Lipinski definition) is 4. The van der Waals surface area contributed by atoms with Crippen LogP contribution in [0.1, 0.15) is 32.6 Å². The van der Waals surface area contributed by atoms with Gasteiger partial charge in [-0.3, -0.25) is 10.6 Å². The van der Waals surface area contributed by atoms with Crippen LogP contribution in [0.2, 0.25) is 0 Å². The number of amides is 1. The number of carbonyl (C=O) groups is 1. The van der Waals surface area contributed by atoms with Gasteiger partial charge in [-0.05, 0) is 19.4 Å². The predicted octanol–water partition coefficient (Wildman–Crippen LogP) is 0.174. The van der Waals surface area contributed by atoms with Crippen molar-refractivity contribution in [2.45, 2.75) is 32.6 Å². The van der Waals surface area contributed by atoms with E-state index in [1.54, 1.807) is 6.92 Å². The molecule has 0 aromatic heterocycles. The molecule has 0 radical (unpaired) electrons. The third-order valence-corrected chi connectivity index (χ3v) is 3.18. The van der Waals surface area contributed by atoms with E-state index < -0.39 is 0 Å². The SMILES string of the molecule is CC(=O)NCCCCCCN1CCN(N)CC1. The molecule has 1 rings (SSSR count). The zero-order valence-electron chi connectivity index (χ0n) is 11.0. The van der Waals surface area contributed by atoms with E-state index in [9.17, 15) is 4.79 Å². The van der Waals surface area contributed by atoms with Gasteiger partial charge in [-0.2, -0.15) is 0 Å². The molecule has 0 atom stereocenters. The van der Waals surface area contributed by atoms with Gasteiger partial charge >= 0.3 is 0 Å². The van der Waals surface area contributed by atoms with Gasteiger partial charge in [0.2, 0.25) is 5.91 Å². The quantitative estimate of drug-likeness (QED) is 0.494. The summed E-state index contributed by atoms with van der Waals surface area (Å²) in [6.45, 7) is 7.75. The van der Waals surface area contributed by atoms with Crippen LogP contribution in [0.5, 0.6) is 0 Å². The summed E-state index contributed by atoms with van der Waals surface area (Å²) in [6, 6.07) is 0. The minimum Gasteiger partial charge on any atom is -0.356 e.